The number of carbonyl (C=O) groups is 2. The summed E-state index contributed by atoms with van der Waals surface area (Å²) in [5.74, 6) is -3.64. The minimum absolute atomic E-state index is 0. The average molecular weight is 714 g/mol. The van der Waals surface area contributed by atoms with Crippen molar-refractivity contribution in [1.29, 1.82) is 0 Å². The van der Waals surface area contributed by atoms with Gasteiger partial charge in [-0.15, -0.1) is 0 Å². The van der Waals surface area contributed by atoms with E-state index in [1.807, 2.05) is 0 Å². The van der Waals surface area contributed by atoms with Crippen LogP contribution in [0, 0.1) is 29.6 Å². The quantitative estimate of drug-likeness (QED) is 0.105. The lowest BCUT2D eigenvalue weighted by molar-refractivity contribution is -0.198. The number of ketones is 2. The first-order valence-electron chi connectivity index (χ1n) is 18.3. The van der Waals surface area contributed by atoms with Gasteiger partial charge >= 0.3 is 6.18 Å². The van der Waals surface area contributed by atoms with Gasteiger partial charge in [-0.1, -0.05) is 13.0 Å². The SMILES string of the molecule is C1CCNC1.C=C(N)CCCCCC(=O)CC1CC(C(F)F)CC(CC(=O)CC2CCC(OC3CC(N)CC(C(F)(F)F)C3)CC2)C1O.F. The average Bonchev–Trinajstić information content (AvgIpc) is 3.60. The lowest BCUT2D eigenvalue weighted by Gasteiger charge is -2.39. The normalized spacial score (nSPS) is 32.1. The fraction of sp³-hybridized carbons (Fsp3) is 0.889. The van der Waals surface area contributed by atoms with Crippen molar-refractivity contribution >= 4 is 11.6 Å². The number of aliphatic hydroxyl groups excluding tert-OH is 1. The largest absolute Gasteiger partial charge is 0.403 e. The molecule has 7 unspecified atom stereocenters. The first kappa shape index (κ1) is 43.5. The van der Waals surface area contributed by atoms with E-state index in [4.69, 9.17) is 16.2 Å². The fourth-order valence-electron chi connectivity index (χ4n) is 8.15. The number of hydrogen-bond acceptors (Lipinski definition) is 7. The van der Waals surface area contributed by atoms with Crippen LogP contribution in [0.2, 0.25) is 0 Å². The number of aliphatic hydroxyl groups is 1. The molecule has 0 aromatic heterocycles. The molecule has 0 bridgehead atoms. The van der Waals surface area contributed by atoms with Gasteiger partial charge in [0.25, 0.3) is 0 Å². The standard InChI is InChI=1S/C32H51F5N2O4.C4H9N.FH/c1-19(38)5-3-2-4-6-26(40)14-21-12-23(31(33)34)13-22(30(21)42)15-27(41)11-20-7-9-28(10-8-20)43-29-17-24(32(35,36)37)16-25(39)18-29;1-2-4-5-3-1;/h20-25,28-31,42H,1-18,38-39H2;5H,1-4H2;1H. The highest BCUT2D eigenvalue weighted by Gasteiger charge is 2.45. The number of Topliss-reactive ketones (excluding diaryl/α,β-unsaturated/α-hetero) is 2. The zero-order valence-electron chi connectivity index (χ0n) is 29.0. The van der Waals surface area contributed by atoms with E-state index in [1.54, 1.807) is 0 Å². The lowest BCUT2D eigenvalue weighted by atomic mass is 9.69. The van der Waals surface area contributed by atoms with E-state index in [0.29, 0.717) is 57.1 Å². The minimum Gasteiger partial charge on any atom is -0.403 e. The number of ether oxygens (including phenoxy) is 1. The maximum Gasteiger partial charge on any atom is 0.391 e. The smallest absolute Gasteiger partial charge is 0.391 e. The van der Waals surface area contributed by atoms with Gasteiger partial charge in [0.05, 0.1) is 24.2 Å². The molecule has 0 spiro atoms. The molecule has 4 fully saturated rings. The highest BCUT2D eigenvalue weighted by atomic mass is 19.4. The van der Waals surface area contributed by atoms with E-state index in [0.717, 1.165) is 12.8 Å². The Hall–Kier alpha value is -1.70. The van der Waals surface area contributed by atoms with Gasteiger partial charge in [0.15, 0.2) is 0 Å². The molecule has 6 N–H and O–H groups in total. The van der Waals surface area contributed by atoms with Crippen molar-refractivity contribution < 1.29 is 46.1 Å². The van der Waals surface area contributed by atoms with Crippen LogP contribution >= 0.6 is 0 Å². The van der Waals surface area contributed by atoms with Crippen LogP contribution in [0.25, 0.3) is 0 Å². The molecule has 0 aromatic rings. The van der Waals surface area contributed by atoms with Crippen molar-refractivity contribution in [2.24, 2.45) is 41.1 Å². The summed E-state index contributed by atoms with van der Waals surface area (Å²) in [4.78, 5) is 25.6. The van der Waals surface area contributed by atoms with Gasteiger partial charge in [-0.25, -0.2) is 8.78 Å². The highest BCUT2D eigenvalue weighted by molar-refractivity contribution is 5.79. The summed E-state index contributed by atoms with van der Waals surface area (Å²) in [6.07, 6.45) is 0.981. The first-order chi connectivity index (χ1) is 22.7. The van der Waals surface area contributed by atoms with Crippen LogP contribution in [0.15, 0.2) is 12.3 Å². The number of unbranched alkanes of at least 4 members (excludes halogenated alkanes) is 2. The molecule has 0 radical (unpaired) electrons. The van der Waals surface area contributed by atoms with Gasteiger partial charge < -0.3 is 26.6 Å². The van der Waals surface area contributed by atoms with E-state index < -0.39 is 54.5 Å². The van der Waals surface area contributed by atoms with Gasteiger partial charge in [-0.2, -0.15) is 13.2 Å². The Morgan fingerprint density at radius 3 is 1.96 bits per heavy atom. The van der Waals surface area contributed by atoms with E-state index in [2.05, 4.69) is 11.9 Å². The number of rotatable bonds is 15. The molecule has 3 saturated carbocycles. The zero-order valence-corrected chi connectivity index (χ0v) is 29.0. The number of alkyl halides is 5. The van der Waals surface area contributed by atoms with Crippen LogP contribution in [0.1, 0.15) is 122 Å². The lowest BCUT2D eigenvalue weighted by Crippen LogP contribution is -2.43. The number of nitrogens with two attached hydrogens (primary N) is 2. The summed E-state index contributed by atoms with van der Waals surface area (Å²) in [6.45, 7) is 6.15. The molecule has 286 valence electrons. The first-order valence-corrected chi connectivity index (χ1v) is 18.3. The maximum atomic E-state index is 13.8. The Balaban J connectivity index is 0.00000127. The Morgan fingerprint density at radius 2 is 1.43 bits per heavy atom. The molecular weight excluding hydrogens is 652 g/mol. The van der Waals surface area contributed by atoms with Crippen LogP contribution < -0.4 is 16.8 Å². The molecule has 13 heteroatoms. The third-order valence-corrected chi connectivity index (χ3v) is 10.8. The van der Waals surface area contributed by atoms with Crippen LogP contribution in [0.5, 0.6) is 0 Å². The molecule has 7 atom stereocenters. The van der Waals surface area contributed by atoms with Gasteiger partial charge in [0.1, 0.15) is 11.6 Å². The van der Waals surface area contributed by atoms with Crippen LogP contribution in [-0.4, -0.2) is 66.7 Å². The molecular formula is C36H61F6N3O4. The van der Waals surface area contributed by atoms with Crippen molar-refractivity contribution in [1.82, 2.24) is 5.32 Å². The molecule has 3 aliphatic carbocycles. The van der Waals surface area contributed by atoms with Crippen LogP contribution in [-0.2, 0) is 14.3 Å². The van der Waals surface area contributed by atoms with Crippen LogP contribution in [0.3, 0.4) is 0 Å². The number of halogens is 6. The molecule has 7 nitrogen and oxygen atoms in total. The molecule has 0 amide bonds. The zero-order chi connectivity index (χ0) is 35.3. The van der Waals surface area contributed by atoms with E-state index in [9.17, 15) is 36.6 Å². The molecule has 1 heterocycles. The molecule has 4 rings (SSSR count). The van der Waals surface area contributed by atoms with E-state index in [1.165, 1.54) is 25.9 Å². The molecule has 1 saturated heterocycles. The summed E-state index contributed by atoms with van der Waals surface area (Å²) in [5, 5.41) is 14.2. The second-order valence-electron chi connectivity index (χ2n) is 15.0. The van der Waals surface area contributed by atoms with E-state index >= 15 is 0 Å². The second kappa shape index (κ2) is 21.6. The number of nitrogens with one attached hydrogen (secondary N) is 1. The Kier molecular flexibility index (Phi) is 19.2. The highest BCUT2D eigenvalue weighted by Crippen LogP contribution is 2.42. The van der Waals surface area contributed by atoms with Crippen LogP contribution in [0.4, 0.5) is 26.7 Å². The number of allylic oxidation sites excluding steroid dienone is 1. The maximum absolute atomic E-state index is 13.8. The summed E-state index contributed by atoms with van der Waals surface area (Å²) < 4.78 is 73.3. The molecule has 49 heavy (non-hydrogen) atoms. The van der Waals surface area contributed by atoms with Gasteiger partial charge in [-0.3, -0.25) is 14.3 Å². The van der Waals surface area contributed by atoms with Crippen molar-refractivity contribution in [3.63, 3.8) is 0 Å². The molecule has 0 aromatic carbocycles. The second-order valence-corrected chi connectivity index (χ2v) is 15.0. The number of hydrogen-bond donors (Lipinski definition) is 4. The predicted molar refractivity (Wildman–Crippen MR) is 179 cm³/mol. The number of carbonyl (C=O) groups excluding carboxylic acids is 2. The van der Waals surface area contributed by atoms with Gasteiger partial charge in [-0.05, 0) is 121 Å². The van der Waals surface area contributed by atoms with Gasteiger partial charge in [0, 0.05) is 43.3 Å². The third kappa shape index (κ3) is 16.0. The van der Waals surface area contributed by atoms with Crippen molar-refractivity contribution in [2.45, 2.75) is 159 Å². The Bertz CT molecular complexity index is 983. The fourth-order valence-corrected chi connectivity index (χ4v) is 8.15. The third-order valence-electron chi connectivity index (χ3n) is 10.8. The Morgan fingerprint density at radius 1 is 0.837 bits per heavy atom. The topological polar surface area (TPSA) is 128 Å². The molecule has 4 aliphatic rings. The monoisotopic (exact) mass is 713 g/mol. The summed E-state index contributed by atoms with van der Waals surface area (Å²) in [7, 11) is 0. The predicted octanol–water partition coefficient (Wildman–Crippen LogP) is 7.14. The Labute approximate surface area is 288 Å². The van der Waals surface area contributed by atoms with Crippen molar-refractivity contribution in [2.75, 3.05) is 13.1 Å². The van der Waals surface area contributed by atoms with E-state index in [-0.39, 0.29) is 73.2 Å². The summed E-state index contributed by atoms with van der Waals surface area (Å²) in [5.41, 5.74) is 12.0. The van der Waals surface area contributed by atoms with Crippen molar-refractivity contribution in [3.05, 3.63) is 12.3 Å². The van der Waals surface area contributed by atoms with Crippen molar-refractivity contribution in [3.8, 4) is 0 Å². The molecule has 1 aliphatic heterocycles. The minimum atomic E-state index is -4.28. The summed E-state index contributed by atoms with van der Waals surface area (Å²) >= 11 is 0. The van der Waals surface area contributed by atoms with Gasteiger partial charge in [0.2, 0.25) is 6.43 Å². The summed E-state index contributed by atoms with van der Waals surface area (Å²) in [6, 6.07) is -0.537.